The zero-order valence-electron chi connectivity index (χ0n) is 13.5. The van der Waals surface area contributed by atoms with Gasteiger partial charge >= 0.3 is 0 Å². The molecule has 0 fully saturated rings. The lowest BCUT2D eigenvalue weighted by Gasteiger charge is -2.02. The number of nitrogens with zero attached hydrogens (tertiary/aromatic N) is 1. The Morgan fingerprint density at radius 1 is 0.923 bits per heavy atom. The molecule has 0 saturated heterocycles. The van der Waals surface area contributed by atoms with Crippen molar-refractivity contribution in [1.82, 2.24) is 4.98 Å². The van der Waals surface area contributed by atoms with E-state index in [9.17, 15) is 4.79 Å². The largest absolute Gasteiger partial charge is 0.297 e. The highest BCUT2D eigenvalue weighted by molar-refractivity contribution is 7.19. The van der Waals surface area contributed by atoms with E-state index >= 15 is 0 Å². The summed E-state index contributed by atoms with van der Waals surface area (Å²) >= 11 is 8.88. The molecule has 0 aliphatic carbocycles. The quantitative estimate of drug-likeness (QED) is 0.431. The molecule has 4 rings (SSSR count). The van der Waals surface area contributed by atoms with Crippen molar-refractivity contribution in [3.05, 3.63) is 82.0 Å². The third-order valence-corrected chi connectivity index (χ3v) is 5.89. The van der Waals surface area contributed by atoms with Crippen LogP contribution in [0.2, 0.25) is 5.02 Å². The normalized spacial score (nSPS) is 10.7. The van der Waals surface area contributed by atoms with Crippen molar-refractivity contribution in [2.24, 2.45) is 0 Å². The number of hydrogen-bond acceptors (Lipinski definition) is 4. The molecule has 2 aromatic heterocycles. The number of carbonyl (C=O) groups is 1. The number of nitrogens with one attached hydrogen (secondary N) is 1. The number of thiazole rings is 1. The van der Waals surface area contributed by atoms with Crippen molar-refractivity contribution in [2.45, 2.75) is 0 Å². The summed E-state index contributed by atoms with van der Waals surface area (Å²) in [5, 5.41) is 6.05. The van der Waals surface area contributed by atoms with Crippen LogP contribution >= 0.6 is 34.3 Å². The van der Waals surface area contributed by atoms with Gasteiger partial charge in [-0.05, 0) is 29.1 Å². The average molecular weight is 397 g/mol. The van der Waals surface area contributed by atoms with Gasteiger partial charge in [-0.15, -0.1) is 11.3 Å². The van der Waals surface area contributed by atoms with Gasteiger partial charge in [0.2, 0.25) is 0 Å². The molecule has 2 aromatic carbocycles. The molecule has 128 valence electrons. The third kappa shape index (κ3) is 3.55. The van der Waals surface area contributed by atoms with Gasteiger partial charge in [0.05, 0.1) is 15.4 Å². The van der Waals surface area contributed by atoms with Crippen LogP contribution in [0.15, 0.2) is 72.1 Å². The lowest BCUT2D eigenvalue weighted by Crippen LogP contribution is -2.09. The van der Waals surface area contributed by atoms with Crippen molar-refractivity contribution >= 4 is 45.3 Å². The summed E-state index contributed by atoms with van der Waals surface area (Å²) in [6.45, 7) is 0. The molecule has 1 amide bonds. The summed E-state index contributed by atoms with van der Waals surface area (Å²) < 4.78 is 0. The van der Waals surface area contributed by atoms with E-state index in [0.717, 1.165) is 21.7 Å². The maximum Gasteiger partial charge on any atom is 0.267 e. The minimum absolute atomic E-state index is 0.143. The molecular weight excluding hydrogens is 384 g/mol. The molecule has 0 saturated carbocycles. The Morgan fingerprint density at radius 2 is 1.69 bits per heavy atom. The van der Waals surface area contributed by atoms with Crippen molar-refractivity contribution in [2.75, 3.05) is 5.32 Å². The zero-order chi connectivity index (χ0) is 17.9. The van der Waals surface area contributed by atoms with Gasteiger partial charge in [0.1, 0.15) is 0 Å². The first-order valence-corrected chi connectivity index (χ1v) is 9.95. The lowest BCUT2D eigenvalue weighted by molar-refractivity contribution is 0.103. The first-order valence-electron chi connectivity index (χ1n) is 7.88. The monoisotopic (exact) mass is 396 g/mol. The number of aromatic nitrogens is 1. The Hall–Kier alpha value is -2.47. The van der Waals surface area contributed by atoms with Crippen LogP contribution in [0.1, 0.15) is 9.67 Å². The molecule has 4 aromatic rings. The Bertz CT molecular complexity index is 1030. The summed E-state index contributed by atoms with van der Waals surface area (Å²) in [4.78, 5) is 18.7. The Labute approximate surface area is 163 Å². The summed E-state index contributed by atoms with van der Waals surface area (Å²) in [7, 11) is 0. The molecule has 6 heteroatoms. The second-order valence-electron chi connectivity index (χ2n) is 5.50. The number of benzene rings is 2. The number of anilines is 1. The van der Waals surface area contributed by atoms with Crippen LogP contribution in [0, 0.1) is 0 Å². The predicted octanol–water partition coefficient (Wildman–Crippen LogP) is 6.44. The fourth-order valence-corrected chi connectivity index (χ4v) is 4.26. The fourth-order valence-electron chi connectivity index (χ4n) is 2.53. The molecule has 0 atom stereocenters. The first-order chi connectivity index (χ1) is 12.7. The van der Waals surface area contributed by atoms with E-state index in [0.29, 0.717) is 15.0 Å². The van der Waals surface area contributed by atoms with Crippen LogP contribution < -0.4 is 5.32 Å². The number of hydrogen-bond donors (Lipinski definition) is 1. The van der Waals surface area contributed by atoms with E-state index in [1.165, 1.54) is 22.7 Å². The van der Waals surface area contributed by atoms with Gasteiger partial charge in [0, 0.05) is 10.6 Å². The van der Waals surface area contributed by atoms with E-state index in [1.807, 2.05) is 66.0 Å². The number of thiophene rings is 1. The van der Waals surface area contributed by atoms with Crippen LogP contribution in [0.5, 0.6) is 0 Å². The van der Waals surface area contributed by atoms with E-state index < -0.39 is 0 Å². The number of amides is 1. The fraction of sp³-hybridized carbons (Fsp3) is 0. The second-order valence-corrected chi connectivity index (χ2v) is 7.88. The predicted molar refractivity (Wildman–Crippen MR) is 110 cm³/mol. The summed E-state index contributed by atoms with van der Waals surface area (Å²) in [5.74, 6) is -0.143. The molecule has 0 unspecified atom stereocenters. The highest BCUT2D eigenvalue weighted by Crippen LogP contribution is 2.39. The molecule has 0 radical (unpaired) electrons. The summed E-state index contributed by atoms with van der Waals surface area (Å²) in [5.41, 5.74) is 2.87. The van der Waals surface area contributed by atoms with Crippen molar-refractivity contribution in [3.63, 3.8) is 0 Å². The number of halogens is 1. The smallest absolute Gasteiger partial charge is 0.267 e. The Kier molecular flexibility index (Phi) is 4.84. The van der Waals surface area contributed by atoms with Crippen LogP contribution in [0.3, 0.4) is 0 Å². The number of carbonyl (C=O) groups excluding carboxylic acids is 1. The van der Waals surface area contributed by atoms with Crippen LogP contribution in [0.4, 0.5) is 5.13 Å². The molecule has 2 heterocycles. The van der Waals surface area contributed by atoms with E-state index in [-0.39, 0.29) is 5.91 Å². The van der Waals surface area contributed by atoms with E-state index in [2.05, 4.69) is 10.3 Å². The highest BCUT2D eigenvalue weighted by atomic mass is 35.5. The maximum atomic E-state index is 12.4. The molecule has 3 nitrogen and oxygen atoms in total. The molecule has 0 bridgehead atoms. The second kappa shape index (κ2) is 7.41. The van der Waals surface area contributed by atoms with Gasteiger partial charge in [0.25, 0.3) is 5.91 Å². The highest BCUT2D eigenvalue weighted by Gasteiger charge is 2.17. The van der Waals surface area contributed by atoms with Gasteiger partial charge in [-0.2, -0.15) is 0 Å². The Morgan fingerprint density at radius 3 is 2.38 bits per heavy atom. The molecule has 26 heavy (non-hydrogen) atoms. The van der Waals surface area contributed by atoms with Gasteiger partial charge in [-0.1, -0.05) is 71.5 Å². The number of rotatable bonds is 4. The van der Waals surface area contributed by atoms with Crippen LogP contribution in [0.25, 0.3) is 21.7 Å². The van der Waals surface area contributed by atoms with Crippen LogP contribution in [-0.2, 0) is 0 Å². The average Bonchev–Trinajstić information content (AvgIpc) is 3.33. The van der Waals surface area contributed by atoms with Crippen molar-refractivity contribution in [3.8, 4) is 21.7 Å². The SMILES string of the molecule is O=C(Nc1nc(-c2ccccc2)c(-c2ccc(Cl)cc2)s1)c1cccs1. The molecule has 1 N–H and O–H groups in total. The van der Waals surface area contributed by atoms with E-state index in [1.54, 1.807) is 6.07 Å². The first kappa shape index (κ1) is 17.0. The molecule has 0 aliphatic rings. The van der Waals surface area contributed by atoms with Crippen molar-refractivity contribution in [1.29, 1.82) is 0 Å². The maximum absolute atomic E-state index is 12.4. The van der Waals surface area contributed by atoms with Gasteiger partial charge in [0.15, 0.2) is 5.13 Å². The molecule has 0 spiro atoms. The van der Waals surface area contributed by atoms with Gasteiger partial charge in [-0.3, -0.25) is 10.1 Å². The Balaban J connectivity index is 1.75. The minimum Gasteiger partial charge on any atom is -0.297 e. The zero-order valence-corrected chi connectivity index (χ0v) is 15.9. The van der Waals surface area contributed by atoms with Crippen molar-refractivity contribution < 1.29 is 4.79 Å². The van der Waals surface area contributed by atoms with Crippen LogP contribution in [-0.4, -0.2) is 10.9 Å². The molecular formula is C20H13ClN2OS2. The standard InChI is InChI=1S/C20H13ClN2OS2/c21-15-10-8-14(9-11-15)18-17(13-5-2-1-3-6-13)22-20(26-18)23-19(24)16-7-4-12-25-16/h1-12H,(H,22,23,24). The minimum atomic E-state index is -0.143. The molecule has 0 aliphatic heterocycles. The van der Waals surface area contributed by atoms with Gasteiger partial charge < -0.3 is 0 Å². The topological polar surface area (TPSA) is 42.0 Å². The van der Waals surface area contributed by atoms with E-state index in [4.69, 9.17) is 11.6 Å². The summed E-state index contributed by atoms with van der Waals surface area (Å²) in [6, 6.07) is 21.2. The van der Waals surface area contributed by atoms with Gasteiger partial charge in [-0.25, -0.2) is 4.98 Å². The lowest BCUT2D eigenvalue weighted by atomic mass is 10.1. The summed E-state index contributed by atoms with van der Waals surface area (Å²) in [6.07, 6.45) is 0. The third-order valence-electron chi connectivity index (χ3n) is 3.75.